The predicted molar refractivity (Wildman–Crippen MR) is 97.8 cm³/mol. The lowest BCUT2D eigenvalue weighted by atomic mass is 9.80. The minimum atomic E-state index is 0.0331. The van der Waals surface area contributed by atoms with Gasteiger partial charge in [-0.05, 0) is 24.8 Å². The van der Waals surface area contributed by atoms with Crippen LogP contribution in [0.5, 0.6) is 0 Å². The molecule has 0 saturated carbocycles. The van der Waals surface area contributed by atoms with Gasteiger partial charge < -0.3 is 19.7 Å². The number of hydrogen-bond acceptors (Lipinski definition) is 3. The first kappa shape index (κ1) is 18.2. The molecule has 1 aromatic carbocycles. The molecular weight excluding hydrogens is 316 g/mol. The highest BCUT2D eigenvalue weighted by molar-refractivity contribution is 5.74. The summed E-state index contributed by atoms with van der Waals surface area (Å²) >= 11 is 0. The molecule has 5 heteroatoms. The number of nitrogens with one attached hydrogen (secondary N) is 1. The monoisotopic (exact) mass is 346 g/mol. The predicted octanol–water partition coefficient (Wildman–Crippen LogP) is 3.02. The van der Waals surface area contributed by atoms with Gasteiger partial charge in [-0.2, -0.15) is 0 Å². The fourth-order valence-corrected chi connectivity index (χ4v) is 3.82. The summed E-state index contributed by atoms with van der Waals surface area (Å²) in [7, 11) is 0. The summed E-state index contributed by atoms with van der Waals surface area (Å²) in [6, 6.07) is 10.4. The van der Waals surface area contributed by atoms with Crippen molar-refractivity contribution in [3.63, 3.8) is 0 Å². The van der Waals surface area contributed by atoms with Gasteiger partial charge in [0.05, 0.1) is 13.2 Å². The van der Waals surface area contributed by atoms with E-state index in [4.69, 9.17) is 9.47 Å². The van der Waals surface area contributed by atoms with E-state index in [2.05, 4.69) is 36.5 Å². The normalized spacial score (nSPS) is 21.6. The molecule has 3 rings (SSSR count). The van der Waals surface area contributed by atoms with Crippen LogP contribution in [0.3, 0.4) is 0 Å². The number of benzene rings is 1. The van der Waals surface area contributed by atoms with Gasteiger partial charge in [-0.25, -0.2) is 4.79 Å². The van der Waals surface area contributed by atoms with Gasteiger partial charge in [0.15, 0.2) is 0 Å². The molecular formula is C20H30N2O3. The molecule has 2 aliphatic rings. The minimum absolute atomic E-state index is 0.0331. The lowest BCUT2D eigenvalue weighted by molar-refractivity contribution is -0.0295. The van der Waals surface area contributed by atoms with E-state index in [1.54, 1.807) is 0 Å². The maximum absolute atomic E-state index is 12.8. The van der Waals surface area contributed by atoms with E-state index in [-0.39, 0.29) is 11.4 Å². The highest BCUT2D eigenvalue weighted by atomic mass is 16.5. The second-order valence-corrected chi connectivity index (χ2v) is 7.29. The van der Waals surface area contributed by atoms with E-state index < -0.39 is 0 Å². The van der Waals surface area contributed by atoms with E-state index in [0.717, 1.165) is 45.6 Å². The quantitative estimate of drug-likeness (QED) is 0.912. The van der Waals surface area contributed by atoms with Crippen molar-refractivity contribution >= 4 is 6.03 Å². The summed E-state index contributed by atoms with van der Waals surface area (Å²) in [5, 5.41) is 3.15. The largest absolute Gasteiger partial charge is 0.381 e. The first-order chi connectivity index (χ1) is 12.2. The second-order valence-electron chi connectivity index (χ2n) is 7.29. The van der Waals surface area contributed by atoms with Crippen molar-refractivity contribution in [1.29, 1.82) is 0 Å². The van der Waals surface area contributed by atoms with Crippen molar-refractivity contribution < 1.29 is 14.3 Å². The Morgan fingerprint density at radius 1 is 1.20 bits per heavy atom. The summed E-state index contributed by atoms with van der Waals surface area (Å²) in [5.41, 5.74) is 1.35. The average Bonchev–Trinajstić information content (AvgIpc) is 2.86. The van der Waals surface area contributed by atoms with E-state index >= 15 is 0 Å². The highest BCUT2D eigenvalue weighted by Crippen LogP contribution is 2.33. The van der Waals surface area contributed by atoms with E-state index in [0.29, 0.717) is 25.6 Å². The Morgan fingerprint density at radius 2 is 1.96 bits per heavy atom. The number of urea groups is 1. The lowest BCUT2D eigenvalue weighted by Crippen LogP contribution is -2.48. The first-order valence-corrected chi connectivity index (χ1v) is 9.46. The van der Waals surface area contributed by atoms with Gasteiger partial charge in [-0.1, -0.05) is 37.3 Å². The number of carbonyl (C=O) groups excluding carboxylic acids is 1. The van der Waals surface area contributed by atoms with Gasteiger partial charge >= 0.3 is 6.03 Å². The van der Waals surface area contributed by atoms with Crippen LogP contribution in [0.4, 0.5) is 4.79 Å². The molecule has 2 saturated heterocycles. The molecule has 138 valence electrons. The van der Waals surface area contributed by atoms with Gasteiger partial charge in [-0.3, -0.25) is 0 Å². The molecule has 0 aliphatic carbocycles. The molecule has 1 atom stereocenters. The lowest BCUT2D eigenvalue weighted by Gasteiger charge is -2.38. The third-order valence-electron chi connectivity index (χ3n) is 5.54. The molecule has 0 radical (unpaired) electrons. The highest BCUT2D eigenvalue weighted by Gasteiger charge is 2.37. The Balaban J connectivity index is 1.57. The Morgan fingerprint density at radius 3 is 2.68 bits per heavy atom. The van der Waals surface area contributed by atoms with Crippen LogP contribution in [0.1, 0.15) is 37.7 Å². The number of carbonyl (C=O) groups is 1. The summed E-state index contributed by atoms with van der Waals surface area (Å²) in [6.07, 6.45) is 2.95. The van der Waals surface area contributed by atoms with Crippen LogP contribution in [-0.2, 0) is 9.47 Å². The molecule has 1 aromatic rings. The van der Waals surface area contributed by atoms with Crippen molar-refractivity contribution in [1.82, 2.24) is 10.2 Å². The smallest absolute Gasteiger partial charge is 0.317 e. The third kappa shape index (κ3) is 4.73. The van der Waals surface area contributed by atoms with Gasteiger partial charge in [0.25, 0.3) is 0 Å². The van der Waals surface area contributed by atoms with E-state index in [9.17, 15) is 4.79 Å². The van der Waals surface area contributed by atoms with Gasteiger partial charge in [-0.15, -0.1) is 0 Å². The second kappa shape index (κ2) is 8.68. The molecule has 2 aliphatic heterocycles. The molecule has 5 nitrogen and oxygen atoms in total. The minimum Gasteiger partial charge on any atom is -0.381 e. The molecule has 2 heterocycles. The van der Waals surface area contributed by atoms with Crippen LogP contribution in [0.2, 0.25) is 0 Å². The number of ether oxygens (including phenoxy) is 2. The molecule has 0 aromatic heterocycles. The summed E-state index contributed by atoms with van der Waals surface area (Å²) in [4.78, 5) is 14.7. The van der Waals surface area contributed by atoms with Crippen molar-refractivity contribution in [2.24, 2.45) is 5.41 Å². The summed E-state index contributed by atoms with van der Waals surface area (Å²) in [6.45, 7) is 7.16. The van der Waals surface area contributed by atoms with Crippen LogP contribution < -0.4 is 5.32 Å². The van der Waals surface area contributed by atoms with Crippen molar-refractivity contribution in [2.45, 2.75) is 32.1 Å². The molecule has 1 spiro atoms. The van der Waals surface area contributed by atoms with Crippen molar-refractivity contribution in [3.05, 3.63) is 35.9 Å². The van der Waals surface area contributed by atoms with Crippen LogP contribution in [0, 0.1) is 5.41 Å². The van der Waals surface area contributed by atoms with Crippen LogP contribution in [0.15, 0.2) is 30.3 Å². The standard InChI is InChI=1S/C20H30N2O3/c1-2-17(18-6-4-3-5-7-18)14-21-19(23)22-10-13-25-16-20(15-22)8-11-24-12-9-20/h3-7,17H,2,8-16H2,1H3,(H,21,23)/t17-/m0/s1. The fraction of sp³-hybridized carbons (Fsp3) is 0.650. The van der Waals surface area contributed by atoms with Crippen LogP contribution >= 0.6 is 0 Å². The molecule has 25 heavy (non-hydrogen) atoms. The van der Waals surface area contributed by atoms with Gasteiger partial charge in [0, 0.05) is 44.2 Å². The number of amides is 2. The van der Waals surface area contributed by atoms with Crippen LogP contribution in [0.25, 0.3) is 0 Å². The number of rotatable bonds is 4. The summed E-state index contributed by atoms with van der Waals surface area (Å²) < 4.78 is 11.3. The van der Waals surface area contributed by atoms with Gasteiger partial charge in [0.2, 0.25) is 0 Å². The number of hydrogen-bond donors (Lipinski definition) is 1. The molecule has 1 N–H and O–H groups in total. The van der Waals surface area contributed by atoms with Crippen LogP contribution in [-0.4, -0.2) is 57.0 Å². The van der Waals surface area contributed by atoms with E-state index in [1.807, 2.05) is 11.0 Å². The third-order valence-corrected chi connectivity index (χ3v) is 5.54. The average molecular weight is 346 g/mol. The van der Waals surface area contributed by atoms with Gasteiger partial charge in [0.1, 0.15) is 0 Å². The molecule has 2 amide bonds. The Labute approximate surface area is 150 Å². The zero-order valence-electron chi connectivity index (χ0n) is 15.2. The summed E-state index contributed by atoms with van der Waals surface area (Å²) in [5.74, 6) is 0.352. The van der Waals surface area contributed by atoms with Crippen molar-refractivity contribution in [3.8, 4) is 0 Å². The molecule has 2 fully saturated rings. The zero-order chi connectivity index (χ0) is 17.5. The number of nitrogens with zero attached hydrogens (tertiary/aromatic N) is 1. The molecule has 0 unspecified atom stereocenters. The Hall–Kier alpha value is -1.59. The fourth-order valence-electron chi connectivity index (χ4n) is 3.82. The first-order valence-electron chi connectivity index (χ1n) is 9.46. The van der Waals surface area contributed by atoms with Crippen molar-refractivity contribution in [2.75, 3.05) is 46.1 Å². The SMILES string of the molecule is CC[C@@H](CNC(=O)N1CCOCC2(CCOCC2)C1)c1ccccc1. The Kier molecular flexibility index (Phi) is 6.32. The Bertz CT molecular complexity index is 543. The maximum atomic E-state index is 12.8. The molecule has 0 bridgehead atoms. The maximum Gasteiger partial charge on any atom is 0.317 e. The zero-order valence-corrected chi connectivity index (χ0v) is 15.2. The topological polar surface area (TPSA) is 50.8 Å². The van der Waals surface area contributed by atoms with E-state index in [1.165, 1.54) is 5.56 Å².